The average molecular weight is 498 g/mol. The van der Waals surface area contributed by atoms with E-state index >= 15 is 0 Å². The molecule has 208 valence electrons. The van der Waals surface area contributed by atoms with Crippen LogP contribution in [0.1, 0.15) is 162 Å². The minimum Gasteiger partial charge on any atom is -0.480 e. The predicted octanol–water partition coefficient (Wildman–Crippen LogP) is 8.58. The highest BCUT2D eigenvalue weighted by Crippen LogP contribution is 2.12. The van der Waals surface area contributed by atoms with Crippen LogP contribution >= 0.6 is 0 Å². The van der Waals surface area contributed by atoms with Crippen LogP contribution in [0, 0.1) is 0 Å². The van der Waals surface area contributed by atoms with Gasteiger partial charge in [0.15, 0.2) is 0 Å². The first-order valence-corrected chi connectivity index (χ1v) is 15.2. The minimum absolute atomic E-state index is 0.0919. The number of carboxylic acid groups (broad SMARTS) is 1. The summed E-state index contributed by atoms with van der Waals surface area (Å²) in [5, 5.41) is 12.4. The third kappa shape index (κ3) is 25.8. The zero-order valence-corrected chi connectivity index (χ0v) is 23.4. The lowest BCUT2D eigenvalue weighted by Gasteiger charge is -2.14. The summed E-state index contributed by atoms with van der Waals surface area (Å²) < 4.78 is 5.28. The average Bonchev–Trinajstić information content (AvgIpc) is 2.84. The second-order valence-electron chi connectivity index (χ2n) is 10.3. The number of aliphatic carboxylic acids is 1. The van der Waals surface area contributed by atoms with E-state index in [1.54, 1.807) is 0 Å². The van der Waals surface area contributed by atoms with Crippen molar-refractivity contribution in [3.05, 3.63) is 0 Å². The van der Waals surface area contributed by atoms with Crippen molar-refractivity contribution >= 4 is 11.9 Å². The number of esters is 1. The molecule has 0 aromatic carbocycles. The van der Waals surface area contributed by atoms with Gasteiger partial charge in [0.1, 0.15) is 6.04 Å². The van der Waals surface area contributed by atoms with Crippen molar-refractivity contribution in [3.8, 4) is 0 Å². The number of ether oxygens (including phenoxy) is 1. The molecule has 0 aliphatic carbocycles. The summed E-state index contributed by atoms with van der Waals surface area (Å²) in [4.78, 5) is 23.5. The largest absolute Gasteiger partial charge is 0.480 e. The maximum Gasteiger partial charge on any atom is 0.321 e. The van der Waals surface area contributed by atoms with E-state index in [0.29, 0.717) is 13.2 Å². The second-order valence-corrected chi connectivity index (χ2v) is 10.3. The van der Waals surface area contributed by atoms with Gasteiger partial charge in [-0.15, -0.1) is 0 Å². The molecule has 0 saturated heterocycles. The number of carbonyl (C=O) groups is 2. The van der Waals surface area contributed by atoms with E-state index in [9.17, 15) is 14.7 Å². The molecule has 0 amide bonds. The third-order valence-electron chi connectivity index (χ3n) is 6.85. The first-order valence-electron chi connectivity index (χ1n) is 15.2. The Labute approximate surface area is 217 Å². The molecule has 0 fully saturated rings. The fourth-order valence-corrected chi connectivity index (χ4v) is 4.49. The van der Waals surface area contributed by atoms with Crippen molar-refractivity contribution < 1.29 is 19.4 Å². The van der Waals surface area contributed by atoms with E-state index in [1.165, 1.54) is 116 Å². The summed E-state index contributed by atoms with van der Waals surface area (Å²) in [6.45, 7) is 5.54. The van der Waals surface area contributed by atoms with Crippen LogP contribution in [0.2, 0.25) is 0 Å². The molecule has 35 heavy (non-hydrogen) atoms. The Balaban J connectivity index is 3.57. The van der Waals surface area contributed by atoms with E-state index in [1.807, 2.05) is 0 Å². The van der Waals surface area contributed by atoms with Crippen molar-refractivity contribution in [2.24, 2.45) is 0 Å². The SMILES string of the molecule is CCCCCCCCCCCCCNC(CC(=O)OCCCCCCCCCCCCC)C(=O)O. The van der Waals surface area contributed by atoms with E-state index in [0.717, 1.165) is 25.7 Å². The van der Waals surface area contributed by atoms with Crippen molar-refractivity contribution in [1.82, 2.24) is 5.32 Å². The fourth-order valence-electron chi connectivity index (χ4n) is 4.49. The van der Waals surface area contributed by atoms with Crippen LogP contribution in [0.3, 0.4) is 0 Å². The third-order valence-corrected chi connectivity index (χ3v) is 6.85. The number of rotatable bonds is 28. The first kappa shape index (κ1) is 33.9. The lowest BCUT2D eigenvalue weighted by molar-refractivity contribution is -0.149. The molecular formula is C30H59NO4. The minimum atomic E-state index is -0.972. The maximum atomic E-state index is 12.0. The Morgan fingerprint density at radius 2 is 0.971 bits per heavy atom. The molecule has 0 bridgehead atoms. The molecule has 0 aliphatic heterocycles. The Bertz CT molecular complexity index is 469. The molecule has 0 spiro atoms. The summed E-state index contributed by atoms with van der Waals surface area (Å²) in [6.07, 6.45) is 27.6. The molecule has 0 rings (SSSR count). The zero-order valence-electron chi connectivity index (χ0n) is 23.4. The number of hydrogen-bond donors (Lipinski definition) is 2. The van der Waals surface area contributed by atoms with Crippen LogP contribution < -0.4 is 5.32 Å². The highest BCUT2D eigenvalue weighted by molar-refractivity contribution is 5.81. The fraction of sp³-hybridized carbons (Fsp3) is 0.933. The molecule has 1 atom stereocenters. The molecule has 0 radical (unpaired) electrons. The standard InChI is InChI=1S/C30H59NO4/c1-3-5-7-9-11-13-15-17-19-21-23-25-31-28(30(33)34)27-29(32)35-26-24-22-20-18-16-14-12-10-8-6-4-2/h28,31H,3-27H2,1-2H3,(H,33,34). The topological polar surface area (TPSA) is 75.6 Å². The van der Waals surface area contributed by atoms with Crippen LogP contribution in [0.5, 0.6) is 0 Å². The highest BCUT2D eigenvalue weighted by atomic mass is 16.5. The molecule has 5 nitrogen and oxygen atoms in total. The predicted molar refractivity (Wildman–Crippen MR) is 148 cm³/mol. The van der Waals surface area contributed by atoms with Gasteiger partial charge in [-0.1, -0.05) is 142 Å². The molecule has 2 N–H and O–H groups in total. The smallest absolute Gasteiger partial charge is 0.321 e. The zero-order chi connectivity index (χ0) is 25.8. The Morgan fingerprint density at radius 3 is 1.37 bits per heavy atom. The molecule has 0 aromatic heterocycles. The van der Waals surface area contributed by atoms with Gasteiger partial charge in [-0.2, -0.15) is 0 Å². The van der Waals surface area contributed by atoms with Gasteiger partial charge in [0.25, 0.3) is 0 Å². The van der Waals surface area contributed by atoms with Gasteiger partial charge in [-0.25, -0.2) is 0 Å². The number of carbonyl (C=O) groups excluding carboxylic acids is 1. The molecule has 5 heteroatoms. The lowest BCUT2D eigenvalue weighted by atomic mass is 10.1. The van der Waals surface area contributed by atoms with E-state index in [2.05, 4.69) is 19.2 Å². The summed E-state index contributed by atoms with van der Waals surface area (Å²) in [6, 6.07) is -0.844. The summed E-state index contributed by atoms with van der Waals surface area (Å²) in [5.74, 6) is -1.38. The van der Waals surface area contributed by atoms with Gasteiger partial charge in [0, 0.05) is 0 Å². The first-order chi connectivity index (χ1) is 17.1. The molecule has 1 unspecified atom stereocenters. The number of unbranched alkanes of at least 4 members (excludes halogenated alkanes) is 20. The monoisotopic (exact) mass is 497 g/mol. The van der Waals surface area contributed by atoms with E-state index < -0.39 is 18.0 Å². The number of hydrogen-bond acceptors (Lipinski definition) is 4. The Hall–Kier alpha value is -1.10. The Morgan fingerprint density at radius 1 is 0.600 bits per heavy atom. The molecular weight excluding hydrogens is 438 g/mol. The molecule has 0 heterocycles. The van der Waals surface area contributed by atoms with Crippen molar-refractivity contribution in [1.29, 1.82) is 0 Å². The van der Waals surface area contributed by atoms with Crippen molar-refractivity contribution in [3.63, 3.8) is 0 Å². The maximum absolute atomic E-state index is 12.0. The Kier molecular flexibility index (Phi) is 26.6. The van der Waals surface area contributed by atoms with Crippen LogP contribution in [0.15, 0.2) is 0 Å². The van der Waals surface area contributed by atoms with Gasteiger partial charge in [0.05, 0.1) is 13.0 Å². The highest BCUT2D eigenvalue weighted by Gasteiger charge is 2.21. The van der Waals surface area contributed by atoms with Gasteiger partial charge in [-0.3, -0.25) is 9.59 Å². The quantitative estimate of drug-likeness (QED) is 0.0836. The van der Waals surface area contributed by atoms with Gasteiger partial charge >= 0.3 is 11.9 Å². The number of nitrogens with one attached hydrogen (secondary N) is 1. The second kappa shape index (κ2) is 27.5. The van der Waals surface area contributed by atoms with E-state index in [4.69, 9.17) is 4.74 Å². The summed E-state index contributed by atoms with van der Waals surface area (Å²) >= 11 is 0. The molecule has 0 aliphatic rings. The molecule has 0 aromatic rings. The van der Waals surface area contributed by atoms with Crippen molar-refractivity contribution in [2.75, 3.05) is 13.2 Å². The van der Waals surface area contributed by atoms with Crippen LogP contribution in [-0.2, 0) is 14.3 Å². The van der Waals surface area contributed by atoms with E-state index in [-0.39, 0.29) is 6.42 Å². The van der Waals surface area contributed by atoms with Gasteiger partial charge < -0.3 is 15.2 Å². The van der Waals surface area contributed by atoms with Gasteiger partial charge in [0.2, 0.25) is 0 Å². The number of carboxylic acids is 1. The van der Waals surface area contributed by atoms with Crippen LogP contribution in [-0.4, -0.2) is 36.2 Å². The normalized spacial score (nSPS) is 12.1. The summed E-state index contributed by atoms with van der Waals surface area (Å²) in [5.41, 5.74) is 0. The molecule has 0 saturated carbocycles. The van der Waals surface area contributed by atoms with Crippen LogP contribution in [0.25, 0.3) is 0 Å². The van der Waals surface area contributed by atoms with Crippen LogP contribution in [0.4, 0.5) is 0 Å². The lowest BCUT2D eigenvalue weighted by Crippen LogP contribution is -2.39. The summed E-state index contributed by atoms with van der Waals surface area (Å²) in [7, 11) is 0. The van der Waals surface area contributed by atoms with Crippen molar-refractivity contribution in [2.45, 2.75) is 168 Å². The van der Waals surface area contributed by atoms with Gasteiger partial charge in [-0.05, 0) is 19.4 Å².